The van der Waals surface area contributed by atoms with Gasteiger partial charge in [-0.25, -0.2) is 21.9 Å². The van der Waals surface area contributed by atoms with E-state index in [9.17, 15) is 17.2 Å². The van der Waals surface area contributed by atoms with Crippen LogP contribution in [0.15, 0.2) is 47.4 Å². The molecule has 0 fully saturated rings. The zero-order valence-electron chi connectivity index (χ0n) is 12.3. The fourth-order valence-electron chi connectivity index (χ4n) is 2.09. The van der Waals surface area contributed by atoms with E-state index in [2.05, 4.69) is 4.72 Å². The highest BCUT2D eigenvalue weighted by Crippen LogP contribution is 2.20. The van der Waals surface area contributed by atoms with Crippen LogP contribution in [0.3, 0.4) is 0 Å². The molecular formula is C16H17F2NO2S. The number of hydrogen-bond donors (Lipinski definition) is 1. The Morgan fingerprint density at radius 2 is 1.73 bits per heavy atom. The standard InChI is InChI=1S/C16H17F2NO2S/c1-3-12-4-6-13(7-5-12)11(2)19-22(20,21)16-10-14(17)8-9-15(16)18/h4-11,19H,3H2,1-2H3. The Morgan fingerprint density at radius 1 is 1.09 bits per heavy atom. The highest BCUT2D eigenvalue weighted by atomic mass is 32.2. The Bertz CT molecular complexity index is 758. The zero-order valence-corrected chi connectivity index (χ0v) is 13.1. The van der Waals surface area contributed by atoms with Crippen molar-refractivity contribution < 1.29 is 17.2 Å². The van der Waals surface area contributed by atoms with Crippen LogP contribution in [-0.2, 0) is 16.4 Å². The van der Waals surface area contributed by atoms with Gasteiger partial charge in [0.05, 0.1) is 0 Å². The van der Waals surface area contributed by atoms with Crippen molar-refractivity contribution in [3.05, 3.63) is 65.2 Å². The largest absolute Gasteiger partial charge is 0.244 e. The van der Waals surface area contributed by atoms with Gasteiger partial charge in [-0.3, -0.25) is 0 Å². The van der Waals surface area contributed by atoms with Crippen molar-refractivity contribution in [3.8, 4) is 0 Å². The van der Waals surface area contributed by atoms with Crippen LogP contribution >= 0.6 is 0 Å². The van der Waals surface area contributed by atoms with Crippen LogP contribution in [-0.4, -0.2) is 8.42 Å². The second-order valence-corrected chi connectivity index (χ2v) is 6.70. The van der Waals surface area contributed by atoms with E-state index in [0.29, 0.717) is 6.07 Å². The molecule has 6 heteroatoms. The first-order valence-corrected chi connectivity index (χ1v) is 8.38. The molecule has 2 aromatic rings. The molecule has 1 atom stereocenters. The van der Waals surface area contributed by atoms with Crippen molar-refractivity contribution in [3.63, 3.8) is 0 Å². The lowest BCUT2D eigenvalue weighted by Crippen LogP contribution is -2.27. The van der Waals surface area contributed by atoms with Gasteiger partial charge in [-0.2, -0.15) is 0 Å². The summed E-state index contributed by atoms with van der Waals surface area (Å²) in [7, 11) is -4.14. The molecule has 0 aliphatic carbocycles. The van der Waals surface area contributed by atoms with Gasteiger partial charge in [0.15, 0.2) is 0 Å². The minimum absolute atomic E-state index is 0.557. The van der Waals surface area contributed by atoms with Crippen LogP contribution in [0.4, 0.5) is 8.78 Å². The number of rotatable bonds is 5. The monoisotopic (exact) mass is 325 g/mol. The highest BCUT2D eigenvalue weighted by Gasteiger charge is 2.22. The lowest BCUT2D eigenvalue weighted by molar-refractivity contribution is 0.538. The minimum Gasteiger partial charge on any atom is -0.207 e. The normalized spacial score (nSPS) is 13.1. The Balaban J connectivity index is 2.25. The van der Waals surface area contributed by atoms with Gasteiger partial charge in [-0.05, 0) is 42.7 Å². The van der Waals surface area contributed by atoms with Crippen LogP contribution in [0.1, 0.15) is 31.0 Å². The van der Waals surface area contributed by atoms with E-state index in [4.69, 9.17) is 0 Å². The fourth-order valence-corrected chi connectivity index (χ4v) is 3.41. The van der Waals surface area contributed by atoms with E-state index in [-0.39, 0.29) is 0 Å². The lowest BCUT2D eigenvalue weighted by Gasteiger charge is -2.15. The second kappa shape index (κ2) is 6.54. The van der Waals surface area contributed by atoms with Crippen molar-refractivity contribution in [2.45, 2.75) is 31.2 Å². The third kappa shape index (κ3) is 3.69. The van der Waals surface area contributed by atoms with Gasteiger partial charge in [0, 0.05) is 6.04 Å². The molecule has 3 nitrogen and oxygen atoms in total. The lowest BCUT2D eigenvalue weighted by atomic mass is 10.1. The summed E-state index contributed by atoms with van der Waals surface area (Å²) in [5.41, 5.74) is 1.88. The molecule has 0 aliphatic rings. The predicted octanol–water partition coefficient (Wildman–Crippen LogP) is 3.57. The van der Waals surface area contributed by atoms with Crippen molar-refractivity contribution >= 4 is 10.0 Å². The van der Waals surface area contributed by atoms with Crippen LogP contribution in [0.2, 0.25) is 0 Å². The van der Waals surface area contributed by atoms with Gasteiger partial charge in [-0.1, -0.05) is 31.2 Å². The Hall–Kier alpha value is -1.79. The maximum atomic E-state index is 13.6. The number of nitrogens with one attached hydrogen (secondary N) is 1. The average molecular weight is 325 g/mol. The summed E-state index contributed by atoms with van der Waals surface area (Å²) in [6.07, 6.45) is 0.884. The molecule has 1 N–H and O–H groups in total. The van der Waals surface area contributed by atoms with Gasteiger partial charge in [0.1, 0.15) is 16.5 Å². The summed E-state index contributed by atoms with van der Waals surface area (Å²) < 4.78 is 53.5. The van der Waals surface area contributed by atoms with Crippen LogP contribution in [0.5, 0.6) is 0 Å². The summed E-state index contributed by atoms with van der Waals surface area (Å²) in [4.78, 5) is -0.690. The fraction of sp³-hybridized carbons (Fsp3) is 0.250. The van der Waals surface area contributed by atoms with E-state index < -0.39 is 32.6 Å². The molecule has 0 saturated carbocycles. The smallest absolute Gasteiger partial charge is 0.207 e. The summed E-state index contributed by atoms with van der Waals surface area (Å²) in [6.45, 7) is 3.67. The third-order valence-corrected chi connectivity index (χ3v) is 4.96. The first kappa shape index (κ1) is 16.6. The Morgan fingerprint density at radius 3 is 2.32 bits per heavy atom. The number of benzene rings is 2. The third-order valence-electron chi connectivity index (χ3n) is 3.40. The van der Waals surface area contributed by atoms with E-state index in [0.717, 1.165) is 29.7 Å². The molecule has 0 saturated heterocycles. The molecule has 0 aromatic heterocycles. The van der Waals surface area contributed by atoms with E-state index >= 15 is 0 Å². The van der Waals surface area contributed by atoms with Gasteiger partial charge in [0.2, 0.25) is 10.0 Å². The summed E-state index contributed by atoms with van der Waals surface area (Å²) in [5.74, 6) is -1.79. The molecule has 0 spiro atoms. The molecule has 0 aliphatic heterocycles. The molecule has 0 heterocycles. The molecule has 0 bridgehead atoms. The van der Waals surface area contributed by atoms with Crippen LogP contribution in [0, 0.1) is 11.6 Å². The number of aryl methyl sites for hydroxylation is 1. The quantitative estimate of drug-likeness (QED) is 0.913. The van der Waals surface area contributed by atoms with Crippen LogP contribution in [0.25, 0.3) is 0 Å². The van der Waals surface area contributed by atoms with Crippen molar-refractivity contribution in [1.82, 2.24) is 4.72 Å². The van der Waals surface area contributed by atoms with E-state index in [1.165, 1.54) is 0 Å². The maximum absolute atomic E-state index is 13.6. The topological polar surface area (TPSA) is 46.2 Å². The number of sulfonamides is 1. The molecule has 118 valence electrons. The molecule has 2 aromatic carbocycles. The van der Waals surface area contributed by atoms with Crippen molar-refractivity contribution in [2.24, 2.45) is 0 Å². The van der Waals surface area contributed by atoms with Crippen molar-refractivity contribution in [1.29, 1.82) is 0 Å². The Labute approximate surface area is 129 Å². The minimum atomic E-state index is -4.14. The number of hydrogen-bond acceptors (Lipinski definition) is 2. The zero-order chi connectivity index (χ0) is 16.3. The molecule has 2 rings (SSSR count). The molecule has 0 radical (unpaired) electrons. The van der Waals surface area contributed by atoms with Gasteiger partial charge in [0.25, 0.3) is 0 Å². The first-order chi connectivity index (χ1) is 10.3. The first-order valence-electron chi connectivity index (χ1n) is 6.89. The molecule has 0 amide bonds. The highest BCUT2D eigenvalue weighted by molar-refractivity contribution is 7.89. The number of halogens is 2. The van der Waals surface area contributed by atoms with Crippen LogP contribution < -0.4 is 4.72 Å². The average Bonchev–Trinajstić information content (AvgIpc) is 2.49. The van der Waals surface area contributed by atoms with Gasteiger partial charge >= 0.3 is 0 Å². The molecular weight excluding hydrogens is 308 g/mol. The van der Waals surface area contributed by atoms with Gasteiger partial charge < -0.3 is 0 Å². The summed E-state index contributed by atoms with van der Waals surface area (Å²) in [5, 5.41) is 0. The Kier molecular flexibility index (Phi) is 4.93. The summed E-state index contributed by atoms with van der Waals surface area (Å²) >= 11 is 0. The SMILES string of the molecule is CCc1ccc(C(C)NS(=O)(=O)c2cc(F)ccc2F)cc1. The van der Waals surface area contributed by atoms with Gasteiger partial charge in [-0.15, -0.1) is 0 Å². The second-order valence-electron chi connectivity index (χ2n) is 5.01. The van der Waals surface area contributed by atoms with E-state index in [1.807, 2.05) is 31.2 Å². The summed E-state index contributed by atoms with van der Waals surface area (Å²) in [6, 6.07) is 9.23. The molecule has 1 unspecified atom stereocenters. The predicted molar refractivity (Wildman–Crippen MR) is 80.9 cm³/mol. The maximum Gasteiger partial charge on any atom is 0.244 e. The molecule has 22 heavy (non-hydrogen) atoms. The van der Waals surface area contributed by atoms with Crippen molar-refractivity contribution in [2.75, 3.05) is 0 Å². The van der Waals surface area contributed by atoms with E-state index in [1.54, 1.807) is 6.92 Å².